The normalized spacial score (nSPS) is 12.4. The third-order valence-corrected chi connectivity index (χ3v) is 4.27. The summed E-state index contributed by atoms with van der Waals surface area (Å²) in [5.74, 6) is 0.478. The molecule has 3 nitrogen and oxygen atoms in total. The van der Waals surface area contributed by atoms with Crippen LogP contribution in [0.25, 0.3) is 0 Å². The van der Waals surface area contributed by atoms with Crippen LogP contribution in [0.1, 0.15) is 40.2 Å². The van der Waals surface area contributed by atoms with Crippen LogP contribution in [0.5, 0.6) is 0 Å². The molecule has 0 aliphatic carbocycles. The fourth-order valence-electron chi connectivity index (χ4n) is 2.19. The molecular weight excluding hydrogens is 292 g/mol. The Labute approximate surface area is 140 Å². The molecule has 1 aromatic carbocycles. The molecule has 0 unspecified atom stereocenters. The van der Waals surface area contributed by atoms with Crippen molar-refractivity contribution in [1.29, 1.82) is 0 Å². The van der Waals surface area contributed by atoms with Gasteiger partial charge in [-0.2, -0.15) is 0 Å². The average molecular weight is 321 g/mol. The number of nitrogens with one attached hydrogen (secondary N) is 1. The Bertz CT molecular complexity index is 508. The van der Waals surface area contributed by atoms with Crippen molar-refractivity contribution >= 4 is 28.8 Å². The maximum Gasteiger partial charge on any atom is 0.249 e. The Kier molecular flexibility index (Phi) is 7.01. The molecule has 122 valence electrons. The lowest BCUT2D eigenvalue weighted by Gasteiger charge is -2.30. The summed E-state index contributed by atoms with van der Waals surface area (Å²) in [6.45, 7) is 12.8. The average Bonchev–Trinajstić information content (AvgIpc) is 2.46. The first-order valence-corrected chi connectivity index (χ1v) is 8.37. The van der Waals surface area contributed by atoms with Gasteiger partial charge in [0.1, 0.15) is 6.04 Å². The molecule has 1 atom stereocenters. The molecule has 0 fully saturated rings. The van der Waals surface area contributed by atoms with E-state index < -0.39 is 0 Å². The van der Waals surface area contributed by atoms with Gasteiger partial charge in [0.05, 0.1) is 4.99 Å². The van der Waals surface area contributed by atoms with Crippen molar-refractivity contribution in [2.24, 2.45) is 11.8 Å². The zero-order valence-electron chi connectivity index (χ0n) is 14.5. The summed E-state index contributed by atoms with van der Waals surface area (Å²) in [7, 11) is 0. The second-order valence-electron chi connectivity index (χ2n) is 6.30. The SMILES string of the molecule is CCN(C(=O)[C@@H](NC(=S)C(C)C)C(C)C)c1ccc(C)cc1. The number of rotatable bonds is 6. The molecule has 4 heteroatoms. The van der Waals surface area contributed by atoms with Gasteiger partial charge >= 0.3 is 0 Å². The highest BCUT2D eigenvalue weighted by molar-refractivity contribution is 7.80. The first-order valence-electron chi connectivity index (χ1n) is 7.96. The zero-order valence-corrected chi connectivity index (χ0v) is 15.3. The van der Waals surface area contributed by atoms with Crippen LogP contribution in [-0.4, -0.2) is 23.5 Å². The molecule has 0 spiro atoms. The van der Waals surface area contributed by atoms with E-state index >= 15 is 0 Å². The van der Waals surface area contributed by atoms with E-state index in [1.54, 1.807) is 0 Å². The third-order valence-electron chi connectivity index (χ3n) is 3.68. The van der Waals surface area contributed by atoms with E-state index in [9.17, 15) is 4.79 Å². The summed E-state index contributed by atoms with van der Waals surface area (Å²) in [6, 6.07) is 7.75. The van der Waals surface area contributed by atoms with E-state index in [-0.39, 0.29) is 23.8 Å². The van der Waals surface area contributed by atoms with Crippen molar-refractivity contribution in [3.8, 4) is 0 Å². The molecule has 0 aliphatic rings. The number of benzene rings is 1. The van der Waals surface area contributed by atoms with E-state index in [2.05, 4.69) is 5.32 Å². The molecule has 0 aliphatic heterocycles. The number of hydrogen-bond donors (Lipinski definition) is 1. The number of anilines is 1. The number of hydrogen-bond acceptors (Lipinski definition) is 2. The minimum absolute atomic E-state index is 0.0735. The van der Waals surface area contributed by atoms with Crippen LogP contribution in [0.3, 0.4) is 0 Å². The van der Waals surface area contributed by atoms with Crippen LogP contribution in [0.15, 0.2) is 24.3 Å². The van der Waals surface area contributed by atoms with Crippen LogP contribution in [-0.2, 0) is 4.79 Å². The molecule has 0 saturated heterocycles. The number of carbonyl (C=O) groups is 1. The molecule has 0 bridgehead atoms. The second kappa shape index (κ2) is 8.28. The Morgan fingerprint density at radius 2 is 1.73 bits per heavy atom. The van der Waals surface area contributed by atoms with Crippen molar-refractivity contribution in [2.45, 2.75) is 47.6 Å². The van der Waals surface area contributed by atoms with Crippen molar-refractivity contribution < 1.29 is 4.79 Å². The van der Waals surface area contributed by atoms with E-state index in [0.29, 0.717) is 6.54 Å². The van der Waals surface area contributed by atoms with Crippen LogP contribution in [0, 0.1) is 18.8 Å². The number of amides is 1. The van der Waals surface area contributed by atoms with Crippen LogP contribution >= 0.6 is 12.2 Å². The molecular formula is C18H28N2OS. The molecule has 0 aromatic heterocycles. The topological polar surface area (TPSA) is 32.3 Å². The Morgan fingerprint density at radius 1 is 1.18 bits per heavy atom. The van der Waals surface area contributed by atoms with Crippen LogP contribution in [0.2, 0.25) is 0 Å². The van der Waals surface area contributed by atoms with Gasteiger partial charge in [0.15, 0.2) is 0 Å². The summed E-state index contributed by atoms with van der Waals surface area (Å²) in [5.41, 5.74) is 2.12. The molecule has 0 heterocycles. The maximum atomic E-state index is 13.0. The largest absolute Gasteiger partial charge is 0.368 e. The molecule has 1 aromatic rings. The Hall–Kier alpha value is -1.42. The van der Waals surface area contributed by atoms with Gasteiger partial charge in [-0.15, -0.1) is 0 Å². The molecule has 0 saturated carbocycles. The van der Waals surface area contributed by atoms with Gasteiger partial charge < -0.3 is 10.2 Å². The number of thiocarbonyl (C=S) groups is 1. The molecule has 22 heavy (non-hydrogen) atoms. The van der Waals surface area contributed by atoms with Crippen molar-refractivity contribution in [2.75, 3.05) is 11.4 Å². The molecule has 1 N–H and O–H groups in total. The first-order chi connectivity index (χ1) is 10.3. The number of nitrogens with zero attached hydrogens (tertiary/aromatic N) is 1. The highest BCUT2D eigenvalue weighted by Gasteiger charge is 2.28. The van der Waals surface area contributed by atoms with E-state index in [0.717, 1.165) is 10.7 Å². The van der Waals surface area contributed by atoms with Gasteiger partial charge in [0, 0.05) is 18.2 Å². The van der Waals surface area contributed by atoms with Gasteiger partial charge in [-0.05, 0) is 31.9 Å². The van der Waals surface area contributed by atoms with E-state index in [4.69, 9.17) is 12.2 Å². The summed E-state index contributed by atoms with van der Waals surface area (Å²) >= 11 is 5.37. The van der Waals surface area contributed by atoms with Gasteiger partial charge in [-0.3, -0.25) is 4.79 Å². The maximum absolute atomic E-state index is 13.0. The standard InChI is InChI=1S/C18H28N2OS/c1-7-20(15-10-8-14(6)9-11-15)18(21)16(12(2)3)19-17(22)13(4)5/h8-13,16H,7H2,1-6H3,(H,19,22)/t16-/m0/s1. The first kappa shape index (κ1) is 18.6. The lowest BCUT2D eigenvalue weighted by molar-refractivity contribution is -0.121. The highest BCUT2D eigenvalue weighted by atomic mass is 32.1. The van der Waals surface area contributed by atoms with Crippen LogP contribution < -0.4 is 10.2 Å². The van der Waals surface area contributed by atoms with Crippen LogP contribution in [0.4, 0.5) is 5.69 Å². The fraction of sp³-hybridized carbons (Fsp3) is 0.556. The quantitative estimate of drug-likeness (QED) is 0.806. The summed E-state index contributed by atoms with van der Waals surface area (Å²) in [6.07, 6.45) is 0. The van der Waals surface area contributed by atoms with E-state index in [1.165, 1.54) is 5.56 Å². The number of likely N-dealkylation sites (N-methyl/N-ethyl adjacent to an activating group) is 1. The molecule has 0 radical (unpaired) electrons. The summed E-state index contributed by atoms with van der Waals surface area (Å²) in [5, 5.41) is 3.25. The Morgan fingerprint density at radius 3 is 2.14 bits per heavy atom. The van der Waals surface area contributed by atoms with Gasteiger partial charge in [0.25, 0.3) is 0 Å². The highest BCUT2D eigenvalue weighted by Crippen LogP contribution is 2.18. The second-order valence-corrected chi connectivity index (χ2v) is 6.74. The molecule has 1 rings (SSSR count). The molecule has 1 amide bonds. The van der Waals surface area contributed by atoms with Crippen molar-refractivity contribution in [3.05, 3.63) is 29.8 Å². The minimum Gasteiger partial charge on any atom is -0.368 e. The van der Waals surface area contributed by atoms with Gasteiger partial charge in [-0.1, -0.05) is 57.6 Å². The lowest BCUT2D eigenvalue weighted by Crippen LogP contribution is -2.51. The fourth-order valence-corrected chi connectivity index (χ4v) is 2.32. The van der Waals surface area contributed by atoms with Crippen molar-refractivity contribution in [3.63, 3.8) is 0 Å². The van der Waals surface area contributed by atoms with Crippen molar-refractivity contribution in [1.82, 2.24) is 5.32 Å². The summed E-state index contributed by atoms with van der Waals surface area (Å²) in [4.78, 5) is 15.5. The lowest BCUT2D eigenvalue weighted by atomic mass is 10.0. The third kappa shape index (κ3) is 4.80. The predicted molar refractivity (Wildman–Crippen MR) is 98.4 cm³/mol. The monoisotopic (exact) mass is 320 g/mol. The van der Waals surface area contributed by atoms with Gasteiger partial charge in [0.2, 0.25) is 5.91 Å². The van der Waals surface area contributed by atoms with E-state index in [1.807, 2.05) is 70.7 Å². The zero-order chi connectivity index (χ0) is 16.9. The Balaban J connectivity index is 2.99. The summed E-state index contributed by atoms with van der Waals surface area (Å²) < 4.78 is 0. The smallest absolute Gasteiger partial charge is 0.249 e. The predicted octanol–water partition coefficient (Wildman–Crippen LogP) is 3.95. The number of aryl methyl sites for hydroxylation is 1. The number of carbonyl (C=O) groups excluding carboxylic acids is 1. The minimum atomic E-state index is -0.295. The van der Waals surface area contributed by atoms with Gasteiger partial charge in [-0.25, -0.2) is 0 Å².